The molecule has 0 spiro atoms. The first-order chi connectivity index (χ1) is 4.34. The van der Waals surface area contributed by atoms with E-state index in [9.17, 15) is 0 Å². The molecule has 2 heteroatoms. The highest BCUT2D eigenvalue weighted by Crippen LogP contribution is 2.16. The monoisotopic (exact) mass is 124 g/mol. The first-order valence-electron chi connectivity index (χ1n) is 2.79. The molecule has 0 saturated carbocycles. The first kappa shape index (κ1) is 6.11. The van der Waals surface area contributed by atoms with Gasteiger partial charge in [-0.3, -0.25) is 0 Å². The number of ether oxygens (including phenoxy) is 1. The van der Waals surface area contributed by atoms with Gasteiger partial charge in [-0.2, -0.15) is 0 Å². The fourth-order valence-electron chi connectivity index (χ4n) is 0.703. The topological polar surface area (TPSA) is 36.9 Å². The fourth-order valence-corrected chi connectivity index (χ4v) is 0.703. The molecule has 0 unspecified atom stereocenters. The van der Waals surface area contributed by atoms with Crippen molar-refractivity contribution in [3.8, 4) is 5.75 Å². The van der Waals surface area contributed by atoms with Crippen LogP contribution in [0.25, 0.3) is 0 Å². The Kier molecular flexibility index (Phi) is 1.70. The van der Waals surface area contributed by atoms with Gasteiger partial charge in [-0.05, 0) is 6.07 Å². The summed E-state index contributed by atoms with van der Waals surface area (Å²) >= 11 is 0. The lowest BCUT2D eigenvalue weighted by molar-refractivity contribution is -0.256. The molecule has 0 saturated heterocycles. The van der Waals surface area contributed by atoms with Crippen LogP contribution < -0.4 is 10.5 Å². The average Bonchev–Trinajstić information content (AvgIpc) is 1.89. The summed E-state index contributed by atoms with van der Waals surface area (Å²) in [6.07, 6.45) is 0. The predicted molar refractivity (Wildman–Crippen MR) is 35.5 cm³/mol. The Morgan fingerprint density at radius 2 is 2.00 bits per heavy atom. The molecule has 2 nitrogen and oxygen atoms in total. The largest absolute Gasteiger partial charge is 0.491 e. The van der Waals surface area contributed by atoms with Crippen LogP contribution in [0.2, 0.25) is 0 Å². The van der Waals surface area contributed by atoms with E-state index in [0.717, 1.165) is 11.4 Å². The molecule has 48 valence electrons. The number of para-hydroxylation sites is 1. The van der Waals surface area contributed by atoms with Crippen molar-refractivity contribution in [1.82, 2.24) is 0 Å². The Labute approximate surface area is 54.2 Å². The van der Waals surface area contributed by atoms with Crippen LogP contribution in [-0.2, 0) is 0 Å². The minimum Gasteiger partial charge on any atom is -0.491 e. The molecule has 0 amide bonds. The molecule has 1 aromatic rings. The Morgan fingerprint density at radius 1 is 1.33 bits per heavy atom. The van der Waals surface area contributed by atoms with Crippen LogP contribution in [0, 0.1) is 0 Å². The summed E-state index contributed by atoms with van der Waals surface area (Å²) in [5.74, 6) is 0.845. The van der Waals surface area contributed by atoms with Crippen LogP contribution in [0.1, 0.15) is 0 Å². The quantitative estimate of drug-likeness (QED) is 0.583. The Bertz CT molecular complexity index is 198. The maximum atomic E-state index is 4.98. The second-order valence-corrected chi connectivity index (χ2v) is 1.81. The maximum Gasteiger partial charge on any atom is 0.179 e. The molecule has 0 bridgehead atoms. The molecular weight excluding hydrogens is 114 g/mol. The van der Waals surface area contributed by atoms with Crippen LogP contribution in [0.5, 0.6) is 5.75 Å². The van der Waals surface area contributed by atoms with E-state index in [2.05, 4.69) is 5.73 Å². The van der Waals surface area contributed by atoms with Gasteiger partial charge in [0, 0.05) is 6.07 Å². The van der Waals surface area contributed by atoms with Crippen molar-refractivity contribution >= 4 is 5.69 Å². The second-order valence-electron chi connectivity index (χ2n) is 1.81. The summed E-state index contributed by atoms with van der Waals surface area (Å²) < 4.78 is 4.98. The third kappa shape index (κ3) is 1.21. The van der Waals surface area contributed by atoms with Gasteiger partial charge in [0.25, 0.3) is 0 Å². The number of quaternary nitrogens is 1. The van der Waals surface area contributed by atoms with Gasteiger partial charge < -0.3 is 10.5 Å². The van der Waals surface area contributed by atoms with E-state index in [1.165, 1.54) is 0 Å². The summed E-state index contributed by atoms with van der Waals surface area (Å²) in [5, 5.41) is 0. The van der Waals surface area contributed by atoms with Gasteiger partial charge in [0.05, 0.1) is 7.11 Å². The molecule has 0 aromatic heterocycles. The molecule has 0 aliphatic carbocycles. The minimum absolute atomic E-state index is 0.845. The zero-order valence-corrected chi connectivity index (χ0v) is 5.42. The minimum atomic E-state index is 0.845. The van der Waals surface area contributed by atoms with Crippen molar-refractivity contribution in [3.63, 3.8) is 0 Å². The Balaban J connectivity index is 3.01. The molecule has 0 atom stereocenters. The highest BCUT2D eigenvalue weighted by molar-refractivity contribution is 5.43. The number of methoxy groups -OCH3 is 1. The molecule has 0 aliphatic rings. The van der Waals surface area contributed by atoms with E-state index >= 15 is 0 Å². The van der Waals surface area contributed by atoms with Crippen molar-refractivity contribution < 1.29 is 10.5 Å². The summed E-state index contributed by atoms with van der Waals surface area (Å²) in [4.78, 5) is 0. The van der Waals surface area contributed by atoms with E-state index < -0.39 is 0 Å². The molecule has 9 heavy (non-hydrogen) atoms. The van der Waals surface area contributed by atoms with E-state index in [1.807, 2.05) is 24.3 Å². The van der Waals surface area contributed by atoms with Gasteiger partial charge in [-0.15, -0.1) is 0 Å². The molecule has 0 fully saturated rings. The standard InChI is InChI=1S/C7H9NO/c1-9-7-5-3-2-4-6(7)8/h2-5H,8H2,1H3/p+1. The average molecular weight is 124 g/mol. The van der Waals surface area contributed by atoms with Crippen molar-refractivity contribution in [2.75, 3.05) is 7.11 Å². The number of benzene rings is 1. The number of rotatable bonds is 1. The van der Waals surface area contributed by atoms with Gasteiger partial charge in [-0.25, -0.2) is 0 Å². The Morgan fingerprint density at radius 3 is 2.44 bits per heavy atom. The van der Waals surface area contributed by atoms with Gasteiger partial charge in [-0.1, -0.05) is 12.1 Å². The first-order valence-corrected chi connectivity index (χ1v) is 2.79. The third-order valence-corrected chi connectivity index (χ3v) is 1.19. The lowest BCUT2D eigenvalue weighted by atomic mass is 10.3. The van der Waals surface area contributed by atoms with Crippen LogP contribution in [0.3, 0.4) is 0 Å². The van der Waals surface area contributed by atoms with Crippen molar-refractivity contribution in [1.29, 1.82) is 0 Å². The van der Waals surface area contributed by atoms with Crippen LogP contribution in [-0.4, -0.2) is 7.11 Å². The Hall–Kier alpha value is -1.02. The molecule has 0 aliphatic heterocycles. The van der Waals surface area contributed by atoms with Gasteiger partial charge >= 0.3 is 0 Å². The summed E-state index contributed by atoms with van der Waals surface area (Å²) in [6.45, 7) is 0. The van der Waals surface area contributed by atoms with E-state index in [4.69, 9.17) is 4.74 Å². The zero-order valence-electron chi connectivity index (χ0n) is 5.42. The molecule has 0 heterocycles. The van der Waals surface area contributed by atoms with Crippen LogP contribution in [0.15, 0.2) is 24.3 Å². The van der Waals surface area contributed by atoms with Gasteiger partial charge in [0.2, 0.25) is 0 Å². The number of hydrogen-bond acceptors (Lipinski definition) is 1. The lowest BCUT2D eigenvalue weighted by Gasteiger charge is -1.97. The summed E-state index contributed by atoms with van der Waals surface area (Å²) in [6, 6.07) is 7.67. The second kappa shape index (κ2) is 2.51. The van der Waals surface area contributed by atoms with Gasteiger partial charge in [0.15, 0.2) is 11.4 Å². The molecule has 1 aromatic carbocycles. The van der Waals surface area contributed by atoms with Crippen molar-refractivity contribution in [2.24, 2.45) is 0 Å². The van der Waals surface area contributed by atoms with Crippen LogP contribution in [0.4, 0.5) is 5.69 Å². The fraction of sp³-hybridized carbons (Fsp3) is 0.143. The highest BCUT2D eigenvalue weighted by atomic mass is 16.5. The number of hydrogen-bond donors (Lipinski definition) is 1. The highest BCUT2D eigenvalue weighted by Gasteiger charge is 1.96. The zero-order chi connectivity index (χ0) is 6.69. The third-order valence-electron chi connectivity index (χ3n) is 1.19. The summed E-state index contributed by atoms with van der Waals surface area (Å²) in [7, 11) is 1.64. The van der Waals surface area contributed by atoms with E-state index in [-0.39, 0.29) is 0 Å². The normalized spacial score (nSPS) is 9.11. The SMILES string of the molecule is COc1ccccc1[NH3+]. The van der Waals surface area contributed by atoms with Gasteiger partial charge in [0.1, 0.15) is 0 Å². The molecule has 1 rings (SSSR count). The summed E-state index contributed by atoms with van der Waals surface area (Å²) in [5.41, 5.74) is 4.70. The van der Waals surface area contributed by atoms with Crippen LogP contribution >= 0.6 is 0 Å². The molecule has 3 N–H and O–H groups in total. The molecular formula is C7H10NO+. The van der Waals surface area contributed by atoms with Crippen molar-refractivity contribution in [2.45, 2.75) is 0 Å². The van der Waals surface area contributed by atoms with E-state index in [1.54, 1.807) is 7.11 Å². The lowest BCUT2D eigenvalue weighted by Crippen LogP contribution is -2.40. The van der Waals surface area contributed by atoms with E-state index in [0.29, 0.717) is 0 Å². The predicted octanol–water partition coefficient (Wildman–Crippen LogP) is 0.569. The smallest absolute Gasteiger partial charge is 0.179 e. The van der Waals surface area contributed by atoms with Crippen molar-refractivity contribution in [3.05, 3.63) is 24.3 Å². The molecule has 0 radical (unpaired) electrons. The maximum absolute atomic E-state index is 4.98.